The van der Waals surface area contributed by atoms with Crippen molar-refractivity contribution in [1.29, 1.82) is 0 Å². The Morgan fingerprint density at radius 3 is 2.44 bits per heavy atom. The number of hydrogen-bond acceptors (Lipinski definition) is 3. The molecule has 144 valence electrons. The number of rotatable bonds is 8. The Balaban J connectivity index is 1.36. The normalized spacial score (nSPS) is 14.9. The molecule has 0 unspecified atom stereocenters. The van der Waals surface area contributed by atoms with E-state index in [4.69, 9.17) is 11.6 Å². The Hall–Kier alpha value is -1.49. The summed E-state index contributed by atoms with van der Waals surface area (Å²) in [5, 5.41) is 3.76. The molecule has 1 saturated heterocycles. The van der Waals surface area contributed by atoms with E-state index in [2.05, 4.69) is 34.5 Å². The first kappa shape index (κ1) is 20.2. The standard InChI is InChI=1S/C22H27ClN2OS/c23-21-7-3-2-6-20(21)16-27-17-22(26)24-14-18-8-10-19(11-9-18)15-25-12-4-1-5-13-25/h2-3,6-11H,1,4-5,12-17H2,(H,24,26). The summed E-state index contributed by atoms with van der Waals surface area (Å²) in [4.78, 5) is 14.6. The minimum Gasteiger partial charge on any atom is -0.351 e. The maximum atomic E-state index is 12.0. The topological polar surface area (TPSA) is 32.3 Å². The molecule has 3 nitrogen and oxygen atoms in total. The van der Waals surface area contributed by atoms with E-state index in [1.165, 1.54) is 37.9 Å². The van der Waals surface area contributed by atoms with E-state index in [0.29, 0.717) is 12.3 Å². The summed E-state index contributed by atoms with van der Waals surface area (Å²) in [5.74, 6) is 1.25. The lowest BCUT2D eigenvalue weighted by atomic mass is 10.1. The number of hydrogen-bond donors (Lipinski definition) is 1. The van der Waals surface area contributed by atoms with Crippen LogP contribution in [0.15, 0.2) is 48.5 Å². The van der Waals surface area contributed by atoms with Gasteiger partial charge in [-0.05, 0) is 48.7 Å². The molecule has 2 aromatic rings. The maximum Gasteiger partial charge on any atom is 0.230 e. The van der Waals surface area contributed by atoms with Crippen molar-refractivity contribution in [2.24, 2.45) is 0 Å². The van der Waals surface area contributed by atoms with E-state index < -0.39 is 0 Å². The molecular formula is C22H27ClN2OS. The molecule has 1 amide bonds. The summed E-state index contributed by atoms with van der Waals surface area (Å²) in [6.45, 7) is 4.04. The van der Waals surface area contributed by atoms with E-state index in [1.807, 2.05) is 24.3 Å². The van der Waals surface area contributed by atoms with Gasteiger partial charge in [-0.25, -0.2) is 0 Å². The lowest BCUT2D eigenvalue weighted by molar-refractivity contribution is -0.118. The second kappa shape index (κ2) is 10.7. The highest BCUT2D eigenvalue weighted by molar-refractivity contribution is 7.99. The van der Waals surface area contributed by atoms with Gasteiger partial charge in [-0.3, -0.25) is 9.69 Å². The predicted molar refractivity (Wildman–Crippen MR) is 115 cm³/mol. The number of carbonyl (C=O) groups excluding carboxylic acids is 1. The first-order valence-electron chi connectivity index (χ1n) is 9.59. The molecule has 0 aromatic heterocycles. The zero-order valence-electron chi connectivity index (χ0n) is 15.6. The van der Waals surface area contributed by atoms with Crippen molar-refractivity contribution in [3.05, 3.63) is 70.2 Å². The van der Waals surface area contributed by atoms with Crippen molar-refractivity contribution in [3.63, 3.8) is 0 Å². The molecule has 2 aromatic carbocycles. The van der Waals surface area contributed by atoms with Gasteiger partial charge in [-0.1, -0.05) is 60.5 Å². The molecule has 0 atom stereocenters. The van der Waals surface area contributed by atoms with Gasteiger partial charge in [0.2, 0.25) is 5.91 Å². The predicted octanol–water partition coefficient (Wildman–Crippen LogP) is 4.88. The number of benzene rings is 2. The third-order valence-corrected chi connectivity index (χ3v) is 6.17. The van der Waals surface area contributed by atoms with Gasteiger partial charge in [0.1, 0.15) is 0 Å². The molecule has 0 spiro atoms. The van der Waals surface area contributed by atoms with Crippen molar-refractivity contribution in [2.45, 2.75) is 38.1 Å². The summed E-state index contributed by atoms with van der Waals surface area (Å²) < 4.78 is 0. The van der Waals surface area contributed by atoms with Crippen molar-refractivity contribution < 1.29 is 4.79 Å². The van der Waals surface area contributed by atoms with Crippen molar-refractivity contribution in [1.82, 2.24) is 10.2 Å². The Labute approximate surface area is 171 Å². The summed E-state index contributed by atoms with van der Waals surface area (Å²) in [6.07, 6.45) is 4.00. The van der Waals surface area contributed by atoms with E-state index in [0.717, 1.165) is 28.4 Å². The Bertz CT molecular complexity index is 729. The van der Waals surface area contributed by atoms with Crippen molar-refractivity contribution >= 4 is 29.3 Å². The van der Waals surface area contributed by atoms with E-state index in [-0.39, 0.29) is 5.91 Å². The number of carbonyl (C=O) groups is 1. The maximum absolute atomic E-state index is 12.0. The molecule has 0 radical (unpaired) electrons. The molecule has 1 aliphatic heterocycles. The Morgan fingerprint density at radius 1 is 1.00 bits per heavy atom. The highest BCUT2D eigenvalue weighted by Crippen LogP contribution is 2.20. The monoisotopic (exact) mass is 402 g/mol. The SMILES string of the molecule is O=C(CSCc1ccccc1Cl)NCc1ccc(CN2CCCCC2)cc1. The third-order valence-electron chi connectivity index (χ3n) is 4.82. The zero-order chi connectivity index (χ0) is 18.9. The fraction of sp³-hybridized carbons (Fsp3) is 0.409. The van der Waals surface area contributed by atoms with Crippen LogP contribution in [0, 0.1) is 0 Å². The van der Waals surface area contributed by atoms with Crippen molar-refractivity contribution in [3.8, 4) is 0 Å². The zero-order valence-corrected chi connectivity index (χ0v) is 17.2. The van der Waals surface area contributed by atoms with Gasteiger partial charge in [-0.2, -0.15) is 0 Å². The van der Waals surface area contributed by atoms with Gasteiger partial charge in [0, 0.05) is 23.9 Å². The minimum atomic E-state index is 0.0597. The third kappa shape index (κ3) is 6.87. The van der Waals surface area contributed by atoms with Crippen LogP contribution in [0.2, 0.25) is 5.02 Å². The molecule has 1 heterocycles. The number of likely N-dealkylation sites (tertiary alicyclic amines) is 1. The minimum absolute atomic E-state index is 0.0597. The first-order valence-corrected chi connectivity index (χ1v) is 11.1. The molecule has 27 heavy (non-hydrogen) atoms. The summed E-state index contributed by atoms with van der Waals surface area (Å²) >= 11 is 7.72. The molecule has 1 aliphatic rings. The van der Waals surface area contributed by atoms with Crippen molar-refractivity contribution in [2.75, 3.05) is 18.8 Å². The first-order chi connectivity index (χ1) is 13.2. The van der Waals surface area contributed by atoms with Crippen LogP contribution in [0.3, 0.4) is 0 Å². The number of amides is 1. The van der Waals surface area contributed by atoms with Gasteiger partial charge in [0.15, 0.2) is 0 Å². The number of nitrogens with zero attached hydrogens (tertiary/aromatic N) is 1. The average Bonchev–Trinajstić information content (AvgIpc) is 2.70. The molecule has 0 saturated carbocycles. The Morgan fingerprint density at radius 2 is 1.70 bits per heavy atom. The Kier molecular flexibility index (Phi) is 8.06. The van der Waals surface area contributed by atoms with Gasteiger partial charge in [0.25, 0.3) is 0 Å². The van der Waals surface area contributed by atoms with Crippen LogP contribution in [-0.4, -0.2) is 29.6 Å². The fourth-order valence-corrected chi connectivity index (χ4v) is 4.40. The van der Waals surface area contributed by atoms with E-state index in [1.54, 1.807) is 11.8 Å². The molecule has 0 bridgehead atoms. The highest BCUT2D eigenvalue weighted by Gasteiger charge is 2.10. The lowest BCUT2D eigenvalue weighted by Crippen LogP contribution is -2.29. The van der Waals surface area contributed by atoms with Gasteiger partial charge >= 0.3 is 0 Å². The highest BCUT2D eigenvalue weighted by atomic mass is 35.5. The molecule has 1 N–H and O–H groups in total. The van der Waals surface area contributed by atoms with Gasteiger partial charge < -0.3 is 5.32 Å². The van der Waals surface area contributed by atoms with Crippen LogP contribution in [0.1, 0.15) is 36.0 Å². The molecule has 1 fully saturated rings. The van der Waals surface area contributed by atoms with Gasteiger partial charge in [-0.15, -0.1) is 11.8 Å². The van der Waals surface area contributed by atoms with E-state index in [9.17, 15) is 4.79 Å². The van der Waals surface area contributed by atoms with Crippen LogP contribution >= 0.6 is 23.4 Å². The van der Waals surface area contributed by atoms with Gasteiger partial charge in [0.05, 0.1) is 5.75 Å². The van der Waals surface area contributed by atoms with Crippen LogP contribution in [0.4, 0.5) is 0 Å². The largest absolute Gasteiger partial charge is 0.351 e. The molecule has 5 heteroatoms. The number of nitrogens with one attached hydrogen (secondary N) is 1. The summed E-state index contributed by atoms with van der Waals surface area (Å²) in [6, 6.07) is 16.4. The second-order valence-electron chi connectivity index (χ2n) is 7.01. The second-order valence-corrected chi connectivity index (χ2v) is 8.41. The van der Waals surface area contributed by atoms with Crippen LogP contribution < -0.4 is 5.32 Å². The van der Waals surface area contributed by atoms with E-state index >= 15 is 0 Å². The molecule has 0 aliphatic carbocycles. The number of thioether (sulfide) groups is 1. The smallest absolute Gasteiger partial charge is 0.230 e. The number of piperidine rings is 1. The molecule has 3 rings (SSSR count). The molecular weight excluding hydrogens is 376 g/mol. The van der Waals surface area contributed by atoms with Crippen LogP contribution in [0.5, 0.6) is 0 Å². The summed E-state index contributed by atoms with van der Waals surface area (Å²) in [7, 11) is 0. The van der Waals surface area contributed by atoms with Crippen LogP contribution in [-0.2, 0) is 23.6 Å². The summed E-state index contributed by atoms with van der Waals surface area (Å²) in [5.41, 5.74) is 3.56. The van der Waals surface area contributed by atoms with Crippen LogP contribution in [0.25, 0.3) is 0 Å². The average molecular weight is 403 g/mol. The fourth-order valence-electron chi connectivity index (χ4n) is 3.26. The number of halogens is 1. The quantitative estimate of drug-likeness (QED) is 0.683. The lowest BCUT2D eigenvalue weighted by Gasteiger charge is -2.26.